The summed E-state index contributed by atoms with van der Waals surface area (Å²) in [4.78, 5) is 11.2. The Morgan fingerprint density at radius 2 is 1.81 bits per heavy atom. The van der Waals surface area contributed by atoms with Crippen molar-refractivity contribution in [1.82, 2.24) is 5.32 Å². The van der Waals surface area contributed by atoms with Crippen LogP contribution >= 0.6 is 0 Å². The third kappa shape index (κ3) is 4.47. The van der Waals surface area contributed by atoms with Gasteiger partial charge in [-0.3, -0.25) is 4.79 Å². The lowest BCUT2D eigenvalue weighted by Crippen LogP contribution is -2.26. The van der Waals surface area contributed by atoms with Gasteiger partial charge >= 0.3 is 0 Å². The summed E-state index contributed by atoms with van der Waals surface area (Å²) in [5.41, 5.74) is 1.19. The highest BCUT2D eigenvalue weighted by molar-refractivity contribution is 5.73. The standard InChI is InChI=1S/C14H21NO/c1-11(2)9-10-14(15-12(3)16)13-7-5-4-6-8-13/h4-8,11,14H,9-10H2,1-3H3,(H,15,16)/t14-/m1/s1. The fraction of sp³-hybridized carbons (Fsp3) is 0.500. The molecule has 1 atom stereocenters. The number of nitrogens with one attached hydrogen (secondary N) is 1. The molecule has 0 unspecified atom stereocenters. The topological polar surface area (TPSA) is 29.1 Å². The normalized spacial score (nSPS) is 12.5. The van der Waals surface area contributed by atoms with E-state index in [0.29, 0.717) is 5.92 Å². The minimum Gasteiger partial charge on any atom is -0.350 e. The van der Waals surface area contributed by atoms with E-state index in [0.717, 1.165) is 12.8 Å². The molecular formula is C14H21NO. The van der Waals surface area contributed by atoms with Crippen LogP contribution in [0.15, 0.2) is 30.3 Å². The second kappa shape index (κ2) is 6.31. The van der Waals surface area contributed by atoms with Crippen molar-refractivity contribution in [1.29, 1.82) is 0 Å². The van der Waals surface area contributed by atoms with Crippen molar-refractivity contribution in [2.45, 2.75) is 39.7 Å². The second-order valence-electron chi connectivity index (χ2n) is 4.63. The Kier molecular flexibility index (Phi) is 5.03. The molecule has 0 aliphatic carbocycles. The number of hydrogen-bond acceptors (Lipinski definition) is 1. The minimum atomic E-state index is 0.0395. The summed E-state index contributed by atoms with van der Waals surface area (Å²) in [7, 11) is 0. The predicted molar refractivity (Wildman–Crippen MR) is 67.1 cm³/mol. The van der Waals surface area contributed by atoms with Gasteiger partial charge < -0.3 is 5.32 Å². The predicted octanol–water partition coefficient (Wildman–Crippen LogP) is 3.30. The van der Waals surface area contributed by atoms with Crippen LogP contribution in [0.3, 0.4) is 0 Å². The molecule has 0 heterocycles. The Morgan fingerprint density at radius 1 is 1.19 bits per heavy atom. The van der Waals surface area contributed by atoms with Gasteiger partial charge in [0.2, 0.25) is 5.91 Å². The number of benzene rings is 1. The van der Waals surface area contributed by atoms with Crippen LogP contribution in [0, 0.1) is 5.92 Å². The van der Waals surface area contributed by atoms with Gasteiger partial charge in [-0.25, -0.2) is 0 Å². The van der Waals surface area contributed by atoms with E-state index >= 15 is 0 Å². The van der Waals surface area contributed by atoms with Gasteiger partial charge in [-0.1, -0.05) is 44.2 Å². The number of carbonyl (C=O) groups excluding carboxylic acids is 1. The van der Waals surface area contributed by atoms with E-state index in [2.05, 4.69) is 31.3 Å². The largest absolute Gasteiger partial charge is 0.350 e. The summed E-state index contributed by atoms with van der Waals surface area (Å²) in [5.74, 6) is 0.706. The highest BCUT2D eigenvalue weighted by Gasteiger charge is 2.12. The number of carbonyl (C=O) groups is 1. The molecule has 0 bridgehead atoms. The second-order valence-corrected chi connectivity index (χ2v) is 4.63. The monoisotopic (exact) mass is 219 g/mol. The third-order valence-electron chi connectivity index (χ3n) is 2.61. The Morgan fingerprint density at radius 3 is 2.31 bits per heavy atom. The maximum atomic E-state index is 11.2. The molecule has 0 radical (unpaired) electrons. The van der Waals surface area contributed by atoms with Crippen molar-refractivity contribution in [3.63, 3.8) is 0 Å². The third-order valence-corrected chi connectivity index (χ3v) is 2.61. The Bertz CT molecular complexity index is 319. The molecule has 0 aromatic heterocycles. The fourth-order valence-electron chi connectivity index (χ4n) is 1.75. The van der Waals surface area contributed by atoms with Crippen molar-refractivity contribution in [2.75, 3.05) is 0 Å². The smallest absolute Gasteiger partial charge is 0.217 e. The first-order valence-electron chi connectivity index (χ1n) is 5.91. The molecule has 0 spiro atoms. The molecule has 1 amide bonds. The van der Waals surface area contributed by atoms with Gasteiger partial charge in [-0.15, -0.1) is 0 Å². The first-order chi connectivity index (χ1) is 7.59. The molecule has 0 saturated heterocycles. The lowest BCUT2D eigenvalue weighted by Gasteiger charge is -2.19. The molecular weight excluding hydrogens is 198 g/mol. The molecule has 16 heavy (non-hydrogen) atoms. The van der Waals surface area contributed by atoms with Crippen LogP contribution in [0.2, 0.25) is 0 Å². The maximum absolute atomic E-state index is 11.2. The van der Waals surface area contributed by atoms with Crippen molar-refractivity contribution < 1.29 is 4.79 Å². The van der Waals surface area contributed by atoms with Gasteiger partial charge in [0.1, 0.15) is 0 Å². The van der Waals surface area contributed by atoms with Crippen molar-refractivity contribution in [3.8, 4) is 0 Å². The van der Waals surface area contributed by atoms with Crippen LogP contribution < -0.4 is 5.32 Å². The molecule has 1 aromatic rings. The van der Waals surface area contributed by atoms with Crippen LogP contribution in [0.1, 0.15) is 45.2 Å². The van der Waals surface area contributed by atoms with E-state index < -0.39 is 0 Å². The van der Waals surface area contributed by atoms with Gasteiger partial charge in [0.15, 0.2) is 0 Å². The molecule has 2 heteroatoms. The molecule has 0 aliphatic rings. The Hall–Kier alpha value is -1.31. The minimum absolute atomic E-state index is 0.0395. The van der Waals surface area contributed by atoms with Crippen molar-refractivity contribution in [3.05, 3.63) is 35.9 Å². The van der Waals surface area contributed by atoms with Gasteiger partial charge in [-0.2, -0.15) is 0 Å². The van der Waals surface area contributed by atoms with Crippen molar-refractivity contribution in [2.24, 2.45) is 5.92 Å². The summed E-state index contributed by atoms with van der Waals surface area (Å²) < 4.78 is 0. The fourth-order valence-corrected chi connectivity index (χ4v) is 1.75. The Balaban J connectivity index is 2.67. The molecule has 0 aliphatic heterocycles. The number of hydrogen-bond donors (Lipinski definition) is 1. The summed E-state index contributed by atoms with van der Waals surface area (Å²) in [6, 6.07) is 10.3. The van der Waals surface area contributed by atoms with Crippen molar-refractivity contribution >= 4 is 5.91 Å². The van der Waals surface area contributed by atoms with Crippen LogP contribution in [0.5, 0.6) is 0 Å². The number of amides is 1. The maximum Gasteiger partial charge on any atom is 0.217 e. The molecule has 1 N–H and O–H groups in total. The number of rotatable bonds is 5. The summed E-state index contributed by atoms with van der Waals surface area (Å²) in [6.07, 6.45) is 2.13. The Labute approximate surface area is 98.1 Å². The highest BCUT2D eigenvalue weighted by Crippen LogP contribution is 2.20. The average molecular weight is 219 g/mol. The van der Waals surface area contributed by atoms with Gasteiger partial charge in [0.05, 0.1) is 6.04 Å². The van der Waals surface area contributed by atoms with E-state index in [1.165, 1.54) is 5.56 Å². The van der Waals surface area contributed by atoms with E-state index in [-0.39, 0.29) is 11.9 Å². The van der Waals surface area contributed by atoms with Crippen LogP contribution in [-0.2, 0) is 4.79 Å². The first-order valence-corrected chi connectivity index (χ1v) is 5.91. The molecule has 0 saturated carbocycles. The lowest BCUT2D eigenvalue weighted by atomic mass is 9.97. The van der Waals surface area contributed by atoms with E-state index in [1.807, 2.05) is 18.2 Å². The molecule has 88 valence electrons. The lowest BCUT2D eigenvalue weighted by molar-refractivity contribution is -0.119. The van der Waals surface area contributed by atoms with Crippen LogP contribution in [-0.4, -0.2) is 5.91 Å². The quantitative estimate of drug-likeness (QED) is 0.809. The molecule has 0 fully saturated rings. The van der Waals surface area contributed by atoms with Gasteiger partial charge in [0.25, 0.3) is 0 Å². The van der Waals surface area contributed by atoms with Crippen LogP contribution in [0.4, 0.5) is 0 Å². The summed E-state index contributed by atoms with van der Waals surface area (Å²) >= 11 is 0. The van der Waals surface area contributed by atoms with Gasteiger partial charge in [-0.05, 0) is 24.3 Å². The zero-order valence-corrected chi connectivity index (χ0v) is 10.4. The summed E-state index contributed by atoms with van der Waals surface area (Å²) in [5, 5.41) is 3.01. The van der Waals surface area contributed by atoms with Gasteiger partial charge in [0, 0.05) is 6.92 Å². The molecule has 2 nitrogen and oxygen atoms in total. The van der Waals surface area contributed by atoms with E-state index in [4.69, 9.17) is 0 Å². The van der Waals surface area contributed by atoms with E-state index in [1.54, 1.807) is 6.92 Å². The summed E-state index contributed by atoms with van der Waals surface area (Å²) in [6.45, 7) is 5.98. The molecule has 1 aromatic carbocycles. The molecule has 1 rings (SSSR count). The zero-order valence-electron chi connectivity index (χ0n) is 10.4. The SMILES string of the molecule is CC(=O)N[C@H](CCC(C)C)c1ccccc1. The average Bonchev–Trinajstić information content (AvgIpc) is 2.25. The van der Waals surface area contributed by atoms with Crippen LogP contribution in [0.25, 0.3) is 0 Å². The first kappa shape index (κ1) is 12.8. The van der Waals surface area contributed by atoms with E-state index in [9.17, 15) is 4.79 Å². The zero-order chi connectivity index (χ0) is 12.0. The highest BCUT2D eigenvalue weighted by atomic mass is 16.1.